The van der Waals surface area contributed by atoms with Crippen LogP contribution in [0.2, 0.25) is 0 Å². The van der Waals surface area contributed by atoms with Gasteiger partial charge in [-0.1, -0.05) is 24.3 Å². The van der Waals surface area contributed by atoms with Crippen molar-refractivity contribution in [3.63, 3.8) is 0 Å². The molecule has 4 nitrogen and oxygen atoms in total. The van der Waals surface area contributed by atoms with Crippen molar-refractivity contribution in [2.24, 2.45) is 0 Å². The molecule has 0 aliphatic heterocycles. The Balaban J connectivity index is 1.43. The van der Waals surface area contributed by atoms with Gasteiger partial charge in [0.25, 0.3) is 0 Å². The summed E-state index contributed by atoms with van der Waals surface area (Å²) in [6, 6.07) is 16.0. The molecule has 0 amide bonds. The van der Waals surface area contributed by atoms with E-state index in [0.29, 0.717) is 24.8 Å². The monoisotopic (exact) mass is 348 g/mol. The first kappa shape index (κ1) is 16.3. The molecule has 0 unspecified atom stereocenters. The Morgan fingerprint density at radius 3 is 2.62 bits per heavy atom. The van der Waals surface area contributed by atoms with Crippen LogP contribution in [0.1, 0.15) is 11.5 Å². The number of halogens is 1. The zero-order chi connectivity index (χ0) is 17.9. The second-order valence-electron chi connectivity index (χ2n) is 6.00. The number of aryl methyl sites for hydroxylation is 1. The molecular weight excluding hydrogens is 331 g/mol. The fourth-order valence-electron chi connectivity index (χ4n) is 2.77. The van der Waals surface area contributed by atoms with Gasteiger partial charge in [0.15, 0.2) is 0 Å². The predicted molar refractivity (Wildman–Crippen MR) is 97.6 cm³/mol. The molecule has 5 heteroatoms. The molecule has 2 heterocycles. The Morgan fingerprint density at radius 2 is 1.81 bits per heavy atom. The number of fused-ring (bicyclic) bond motifs is 1. The summed E-state index contributed by atoms with van der Waals surface area (Å²) in [5.41, 5.74) is 1.57. The summed E-state index contributed by atoms with van der Waals surface area (Å²) in [4.78, 5) is 8.82. The molecular formula is C21H17FN2O2. The minimum atomic E-state index is -0.284. The van der Waals surface area contributed by atoms with E-state index in [1.54, 1.807) is 18.3 Å². The Bertz CT molecular complexity index is 1040. The van der Waals surface area contributed by atoms with Crippen molar-refractivity contribution >= 4 is 10.8 Å². The van der Waals surface area contributed by atoms with E-state index in [1.165, 1.54) is 12.1 Å². The van der Waals surface area contributed by atoms with Gasteiger partial charge in [0.1, 0.15) is 11.6 Å². The largest absolute Gasteiger partial charge is 0.477 e. The average Bonchev–Trinajstić information content (AvgIpc) is 3.03. The highest BCUT2D eigenvalue weighted by molar-refractivity contribution is 5.82. The summed E-state index contributed by atoms with van der Waals surface area (Å²) in [5.74, 6) is 1.53. The van der Waals surface area contributed by atoms with Gasteiger partial charge in [-0.3, -0.25) is 0 Å². The normalized spacial score (nSPS) is 11.0. The van der Waals surface area contributed by atoms with Gasteiger partial charge in [0.05, 0.1) is 12.3 Å². The van der Waals surface area contributed by atoms with Gasteiger partial charge in [-0.25, -0.2) is 14.4 Å². The van der Waals surface area contributed by atoms with Crippen LogP contribution in [0.5, 0.6) is 5.88 Å². The van der Waals surface area contributed by atoms with E-state index >= 15 is 0 Å². The van der Waals surface area contributed by atoms with Crippen molar-refractivity contribution in [1.29, 1.82) is 0 Å². The quantitative estimate of drug-likeness (QED) is 0.511. The first-order valence-corrected chi connectivity index (χ1v) is 8.39. The van der Waals surface area contributed by atoms with Crippen molar-refractivity contribution in [1.82, 2.24) is 9.97 Å². The summed E-state index contributed by atoms with van der Waals surface area (Å²) in [5, 5.41) is 2.17. The summed E-state index contributed by atoms with van der Waals surface area (Å²) < 4.78 is 24.5. The summed E-state index contributed by atoms with van der Waals surface area (Å²) in [7, 11) is 0. The zero-order valence-electron chi connectivity index (χ0n) is 14.3. The smallest absolute Gasteiger partial charge is 0.226 e. The number of hydrogen-bond acceptors (Lipinski definition) is 4. The number of benzene rings is 2. The van der Waals surface area contributed by atoms with E-state index in [2.05, 4.69) is 9.97 Å². The minimum absolute atomic E-state index is 0.284. The molecule has 2 aromatic carbocycles. The van der Waals surface area contributed by atoms with Crippen molar-refractivity contribution < 1.29 is 13.5 Å². The van der Waals surface area contributed by atoms with Crippen molar-refractivity contribution in [2.45, 2.75) is 13.3 Å². The summed E-state index contributed by atoms with van der Waals surface area (Å²) in [6.45, 7) is 2.31. The van der Waals surface area contributed by atoms with E-state index < -0.39 is 0 Å². The third-order valence-electron chi connectivity index (χ3n) is 4.18. The van der Waals surface area contributed by atoms with Crippen LogP contribution in [0, 0.1) is 12.7 Å². The maximum atomic E-state index is 13.0. The maximum absolute atomic E-state index is 13.0. The standard InChI is InChI=1S/C21H17FN2O2/c1-14-19(24-21(26-14)15-6-8-18(22)9-7-15)10-11-25-20-12-16-4-2-3-5-17(16)13-23-20/h2-9,12-13H,10-11H2,1H3. The van der Waals surface area contributed by atoms with Gasteiger partial charge >= 0.3 is 0 Å². The van der Waals surface area contributed by atoms with Crippen LogP contribution in [0.3, 0.4) is 0 Å². The molecule has 26 heavy (non-hydrogen) atoms. The maximum Gasteiger partial charge on any atom is 0.226 e. The van der Waals surface area contributed by atoms with Gasteiger partial charge in [-0.05, 0) is 36.6 Å². The number of aromatic nitrogens is 2. The van der Waals surface area contributed by atoms with Crippen molar-refractivity contribution in [3.8, 4) is 17.3 Å². The first-order chi connectivity index (χ1) is 12.7. The number of ether oxygens (including phenoxy) is 1. The van der Waals surface area contributed by atoms with E-state index in [0.717, 1.165) is 27.8 Å². The van der Waals surface area contributed by atoms with Crippen LogP contribution in [0.4, 0.5) is 4.39 Å². The molecule has 0 aliphatic carbocycles. The van der Waals surface area contributed by atoms with Crippen molar-refractivity contribution in [2.75, 3.05) is 6.61 Å². The van der Waals surface area contributed by atoms with Gasteiger partial charge in [-0.15, -0.1) is 0 Å². The molecule has 130 valence electrons. The predicted octanol–water partition coefficient (Wildman–Crippen LogP) is 4.96. The highest BCUT2D eigenvalue weighted by atomic mass is 19.1. The van der Waals surface area contributed by atoms with Gasteiger partial charge < -0.3 is 9.15 Å². The average molecular weight is 348 g/mol. The van der Waals surface area contributed by atoms with Crippen LogP contribution in [-0.2, 0) is 6.42 Å². The molecule has 0 N–H and O–H groups in total. The Labute approximate surface area is 150 Å². The number of rotatable bonds is 5. The first-order valence-electron chi connectivity index (χ1n) is 8.39. The van der Waals surface area contributed by atoms with E-state index in [1.807, 2.05) is 37.3 Å². The van der Waals surface area contributed by atoms with E-state index in [4.69, 9.17) is 9.15 Å². The van der Waals surface area contributed by atoms with Gasteiger partial charge in [0, 0.05) is 29.6 Å². The Hall–Kier alpha value is -3.21. The van der Waals surface area contributed by atoms with E-state index in [-0.39, 0.29) is 5.82 Å². The molecule has 4 aromatic rings. The molecule has 0 saturated carbocycles. The molecule has 0 bridgehead atoms. The Morgan fingerprint density at radius 1 is 1.04 bits per heavy atom. The number of oxazole rings is 1. The number of pyridine rings is 1. The second kappa shape index (κ2) is 6.96. The highest BCUT2D eigenvalue weighted by Gasteiger charge is 2.12. The molecule has 0 saturated heterocycles. The lowest BCUT2D eigenvalue weighted by Gasteiger charge is -2.05. The lowest BCUT2D eigenvalue weighted by atomic mass is 10.2. The zero-order valence-corrected chi connectivity index (χ0v) is 14.3. The van der Waals surface area contributed by atoms with Gasteiger partial charge in [-0.2, -0.15) is 0 Å². The Kier molecular flexibility index (Phi) is 4.35. The molecule has 2 aromatic heterocycles. The summed E-state index contributed by atoms with van der Waals surface area (Å²) >= 11 is 0. The molecule has 0 fully saturated rings. The van der Waals surface area contributed by atoms with Crippen LogP contribution in [0.15, 0.2) is 65.2 Å². The highest BCUT2D eigenvalue weighted by Crippen LogP contribution is 2.23. The third-order valence-corrected chi connectivity index (χ3v) is 4.18. The number of hydrogen-bond donors (Lipinski definition) is 0. The van der Waals surface area contributed by atoms with Crippen molar-refractivity contribution in [3.05, 3.63) is 78.1 Å². The molecule has 4 rings (SSSR count). The lowest BCUT2D eigenvalue weighted by Crippen LogP contribution is -2.03. The van der Waals surface area contributed by atoms with Crippen LogP contribution >= 0.6 is 0 Å². The molecule has 0 radical (unpaired) electrons. The van der Waals surface area contributed by atoms with Crippen LogP contribution < -0.4 is 4.74 Å². The lowest BCUT2D eigenvalue weighted by molar-refractivity contribution is 0.308. The van der Waals surface area contributed by atoms with E-state index in [9.17, 15) is 4.39 Å². The molecule has 0 atom stereocenters. The molecule has 0 aliphatic rings. The van der Waals surface area contributed by atoms with Gasteiger partial charge in [0.2, 0.25) is 11.8 Å². The fourth-order valence-corrected chi connectivity index (χ4v) is 2.77. The minimum Gasteiger partial charge on any atom is -0.477 e. The summed E-state index contributed by atoms with van der Waals surface area (Å²) in [6.07, 6.45) is 2.41. The third kappa shape index (κ3) is 3.42. The number of nitrogens with zero attached hydrogens (tertiary/aromatic N) is 2. The molecule has 0 spiro atoms. The topological polar surface area (TPSA) is 48.2 Å². The fraction of sp³-hybridized carbons (Fsp3) is 0.143. The van der Waals surface area contributed by atoms with Crippen LogP contribution in [-0.4, -0.2) is 16.6 Å². The second-order valence-corrected chi connectivity index (χ2v) is 6.00. The van der Waals surface area contributed by atoms with Crippen LogP contribution in [0.25, 0.3) is 22.2 Å². The SMILES string of the molecule is Cc1oc(-c2ccc(F)cc2)nc1CCOc1cc2ccccc2cn1.